The molecule has 2 nitrogen and oxygen atoms in total. The fourth-order valence-electron chi connectivity index (χ4n) is 1.08. The zero-order chi connectivity index (χ0) is 9.84. The van der Waals surface area contributed by atoms with Crippen LogP contribution in [-0.4, -0.2) is 5.71 Å². The summed E-state index contributed by atoms with van der Waals surface area (Å²) in [6, 6.07) is 1.85. The molecule has 0 fully saturated rings. The van der Waals surface area contributed by atoms with Gasteiger partial charge in [-0.05, 0) is 37.6 Å². The SMILES string of the molecule is C=Cc1oc(C(=N)/C=C/C)cc1C. The molecule has 1 aromatic rings. The maximum atomic E-state index is 7.60. The molecule has 0 saturated heterocycles. The van der Waals surface area contributed by atoms with E-state index in [9.17, 15) is 0 Å². The third-order valence-corrected chi connectivity index (χ3v) is 1.74. The topological polar surface area (TPSA) is 37.0 Å². The Morgan fingerprint density at radius 3 is 2.77 bits per heavy atom. The first-order chi connectivity index (χ1) is 6.19. The van der Waals surface area contributed by atoms with Crippen molar-refractivity contribution in [2.24, 2.45) is 0 Å². The average Bonchev–Trinajstić information content (AvgIpc) is 2.47. The zero-order valence-corrected chi connectivity index (χ0v) is 7.92. The molecule has 0 amide bonds. The monoisotopic (exact) mass is 175 g/mol. The molecular formula is C11H13NO. The van der Waals surface area contributed by atoms with E-state index in [1.165, 1.54) is 0 Å². The first-order valence-electron chi connectivity index (χ1n) is 4.13. The van der Waals surface area contributed by atoms with Gasteiger partial charge in [-0.3, -0.25) is 5.41 Å². The van der Waals surface area contributed by atoms with Crippen LogP contribution in [0.5, 0.6) is 0 Å². The van der Waals surface area contributed by atoms with Gasteiger partial charge in [0.2, 0.25) is 0 Å². The minimum atomic E-state index is 0.388. The largest absolute Gasteiger partial charge is 0.455 e. The lowest BCUT2D eigenvalue weighted by Gasteiger charge is -1.90. The summed E-state index contributed by atoms with van der Waals surface area (Å²) in [6.45, 7) is 7.44. The summed E-state index contributed by atoms with van der Waals surface area (Å²) < 4.78 is 5.38. The summed E-state index contributed by atoms with van der Waals surface area (Å²) in [7, 11) is 0. The van der Waals surface area contributed by atoms with E-state index in [4.69, 9.17) is 9.83 Å². The summed E-state index contributed by atoms with van der Waals surface area (Å²) in [5, 5.41) is 7.60. The number of hydrogen-bond acceptors (Lipinski definition) is 2. The van der Waals surface area contributed by atoms with Gasteiger partial charge in [-0.2, -0.15) is 0 Å². The summed E-state index contributed by atoms with van der Waals surface area (Å²) in [5.74, 6) is 1.33. The lowest BCUT2D eigenvalue weighted by Crippen LogP contribution is -1.89. The summed E-state index contributed by atoms with van der Waals surface area (Å²) >= 11 is 0. The van der Waals surface area contributed by atoms with E-state index in [0.29, 0.717) is 11.5 Å². The maximum Gasteiger partial charge on any atom is 0.152 e. The standard InChI is InChI=1S/C11H13NO/c1-4-6-9(12)11-7-8(3)10(5-2)13-11/h4-7,12H,2H2,1,3H3/b6-4+,12-9?. The van der Waals surface area contributed by atoms with E-state index < -0.39 is 0 Å². The van der Waals surface area contributed by atoms with Gasteiger partial charge in [0.15, 0.2) is 5.76 Å². The van der Waals surface area contributed by atoms with Crippen molar-refractivity contribution in [3.8, 4) is 0 Å². The second-order valence-electron chi connectivity index (χ2n) is 2.78. The Bertz CT molecular complexity index is 358. The molecule has 1 heterocycles. The number of hydrogen-bond donors (Lipinski definition) is 1. The van der Waals surface area contributed by atoms with Gasteiger partial charge in [0.1, 0.15) is 5.76 Å². The highest BCUT2D eigenvalue weighted by atomic mass is 16.3. The van der Waals surface area contributed by atoms with Gasteiger partial charge in [0.25, 0.3) is 0 Å². The summed E-state index contributed by atoms with van der Waals surface area (Å²) in [6.07, 6.45) is 5.17. The number of furan rings is 1. The zero-order valence-electron chi connectivity index (χ0n) is 7.92. The molecule has 68 valence electrons. The first-order valence-corrected chi connectivity index (χ1v) is 4.13. The van der Waals surface area contributed by atoms with E-state index in [-0.39, 0.29) is 0 Å². The molecule has 0 spiro atoms. The van der Waals surface area contributed by atoms with E-state index in [2.05, 4.69) is 6.58 Å². The van der Waals surface area contributed by atoms with E-state index in [1.807, 2.05) is 26.0 Å². The highest BCUT2D eigenvalue weighted by Crippen LogP contribution is 2.16. The molecule has 0 unspecified atom stereocenters. The molecule has 0 saturated carbocycles. The van der Waals surface area contributed by atoms with Gasteiger partial charge in [-0.15, -0.1) is 0 Å². The number of aryl methyl sites for hydroxylation is 1. The molecule has 0 aromatic carbocycles. The number of nitrogens with one attached hydrogen (secondary N) is 1. The number of rotatable bonds is 3. The van der Waals surface area contributed by atoms with Crippen LogP contribution >= 0.6 is 0 Å². The van der Waals surface area contributed by atoms with E-state index in [1.54, 1.807) is 12.2 Å². The van der Waals surface area contributed by atoms with Crippen molar-refractivity contribution in [1.82, 2.24) is 0 Å². The second kappa shape index (κ2) is 3.90. The summed E-state index contributed by atoms with van der Waals surface area (Å²) in [5.41, 5.74) is 1.40. The van der Waals surface area contributed by atoms with Crippen LogP contribution in [0.2, 0.25) is 0 Å². The van der Waals surface area contributed by atoms with Gasteiger partial charge >= 0.3 is 0 Å². The maximum absolute atomic E-state index is 7.60. The predicted octanol–water partition coefficient (Wildman–Crippen LogP) is 3.17. The lowest BCUT2D eigenvalue weighted by molar-refractivity contribution is 0.546. The molecule has 0 atom stereocenters. The third kappa shape index (κ3) is 1.96. The Labute approximate surface area is 78.1 Å². The van der Waals surface area contributed by atoms with Crippen molar-refractivity contribution in [2.45, 2.75) is 13.8 Å². The molecule has 2 heteroatoms. The normalized spacial score (nSPS) is 10.6. The van der Waals surface area contributed by atoms with Crippen molar-refractivity contribution in [2.75, 3.05) is 0 Å². The van der Waals surface area contributed by atoms with Crippen LogP contribution in [0.3, 0.4) is 0 Å². The number of allylic oxidation sites excluding steroid dienone is 2. The van der Waals surface area contributed by atoms with Crippen molar-refractivity contribution < 1.29 is 4.42 Å². The Hall–Kier alpha value is -1.57. The minimum absolute atomic E-state index is 0.388. The molecule has 0 bridgehead atoms. The predicted molar refractivity (Wildman–Crippen MR) is 55.2 cm³/mol. The molecule has 0 aliphatic carbocycles. The molecular weight excluding hydrogens is 162 g/mol. The van der Waals surface area contributed by atoms with E-state index >= 15 is 0 Å². The van der Waals surface area contributed by atoms with Gasteiger partial charge in [-0.25, -0.2) is 0 Å². The quantitative estimate of drug-likeness (QED) is 0.704. The molecule has 0 radical (unpaired) electrons. The van der Waals surface area contributed by atoms with Gasteiger partial charge in [0, 0.05) is 0 Å². The van der Waals surface area contributed by atoms with Crippen LogP contribution in [0.25, 0.3) is 6.08 Å². The highest BCUT2D eigenvalue weighted by molar-refractivity contribution is 6.04. The van der Waals surface area contributed by atoms with Crippen LogP contribution in [-0.2, 0) is 0 Å². The Morgan fingerprint density at radius 2 is 2.31 bits per heavy atom. The van der Waals surface area contributed by atoms with Crippen LogP contribution in [0.4, 0.5) is 0 Å². The fraction of sp³-hybridized carbons (Fsp3) is 0.182. The van der Waals surface area contributed by atoms with Gasteiger partial charge in [-0.1, -0.05) is 12.7 Å². The molecule has 13 heavy (non-hydrogen) atoms. The van der Waals surface area contributed by atoms with Gasteiger partial charge in [0.05, 0.1) is 5.71 Å². The lowest BCUT2D eigenvalue weighted by atomic mass is 10.2. The second-order valence-corrected chi connectivity index (χ2v) is 2.78. The molecule has 0 aliphatic heterocycles. The molecule has 1 aromatic heterocycles. The Balaban J connectivity index is 3.03. The first kappa shape index (κ1) is 9.52. The third-order valence-electron chi connectivity index (χ3n) is 1.74. The molecule has 0 aliphatic rings. The smallest absolute Gasteiger partial charge is 0.152 e. The summed E-state index contributed by atoms with van der Waals surface area (Å²) in [4.78, 5) is 0. The minimum Gasteiger partial charge on any atom is -0.455 e. The highest BCUT2D eigenvalue weighted by Gasteiger charge is 2.06. The van der Waals surface area contributed by atoms with Crippen LogP contribution < -0.4 is 0 Å². The fourth-order valence-corrected chi connectivity index (χ4v) is 1.08. The van der Waals surface area contributed by atoms with Crippen molar-refractivity contribution in [3.05, 3.63) is 41.9 Å². The Morgan fingerprint density at radius 1 is 1.62 bits per heavy atom. The van der Waals surface area contributed by atoms with Crippen molar-refractivity contribution >= 4 is 11.8 Å². The van der Waals surface area contributed by atoms with Crippen LogP contribution in [0.1, 0.15) is 24.0 Å². The molecule has 1 rings (SSSR count). The van der Waals surface area contributed by atoms with Crippen molar-refractivity contribution in [3.63, 3.8) is 0 Å². The van der Waals surface area contributed by atoms with Crippen LogP contribution in [0, 0.1) is 12.3 Å². The van der Waals surface area contributed by atoms with Gasteiger partial charge < -0.3 is 4.42 Å². The molecule has 1 N–H and O–H groups in total. The van der Waals surface area contributed by atoms with Crippen LogP contribution in [0.15, 0.2) is 29.2 Å². The van der Waals surface area contributed by atoms with E-state index in [0.717, 1.165) is 11.3 Å². The van der Waals surface area contributed by atoms with Crippen molar-refractivity contribution in [1.29, 1.82) is 5.41 Å². The average molecular weight is 175 g/mol. The Kier molecular flexibility index (Phi) is 2.85.